The smallest absolute Gasteiger partial charge is 0.318 e. The summed E-state index contributed by atoms with van der Waals surface area (Å²) >= 11 is 5.76. The Morgan fingerprint density at radius 2 is 2.06 bits per heavy atom. The van der Waals surface area contributed by atoms with E-state index in [9.17, 15) is 18.0 Å². The lowest BCUT2D eigenvalue weighted by Gasteiger charge is -2.10. The standard InChI is InChI=1S/C11H6ClF3N2O/c12-7-3-6-5-16-2-1-8(6)9(4-7)17-10(18)11(13,14)15/h1-5H,(H,17,18). The van der Waals surface area contributed by atoms with E-state index in [1.807, 2.05) is 0 Å². The van der Waals surface area contributed by atoms with Gasteiger partial charge in [-0.05, 0) is 18.2 Å². The second-order valence-corrected chi connectivity index (χ2v) is 3.94. The fourth-order valence-electron chi connectivity index (χ4n) is 1.47. The van der Waals surface area contributed by atoms with Gasteiger partial charge in [-0.15, -0.1) is 0 Å². The average Bonchev–Trinajstić information content (AvgIpc) is 2.27. The highest BCUT2D eigenvalue weighted by Crippen LogP contribution is 2.28. The molecule has 7 heteroatoms. The van der Waals surface area contributed by atoms with Crippen LogP contribution in [0.4, 0.5) is 18.9 Å². The van der Waals surface area contributed by atoms with E-state index in [0.29, 0.717) is 10.8 Å². The zero-order valence-electron chi connectivity index (χ0n) is 8.75. The van der Waals surface area contributed by atoms with E-state index >= 15 is 0 Å². The molecule has 0 unspecified atom stereocenters. The molecule has 0 spiro atoms. The van der Waals surface area contributed by atoms with E-state index in [1.165, 1.54) is 24.5 Å². The van der Waals surface area contributed by atoms with E-state index in [2.05, 4.69) is 4.98 Å². The van der Waals surface area contributed by atoms with Crippen LogP contribution in [-0.2, 0) is 4.79 Å². The molecule has 0 aliphatic rings. The Balaban J connectivity index is 2.48. The van der Waals surface area contributed by atoms with Crippen LogP contribution in [0.2, 0.25) is 5.02 Å². The van der Waals surface area contributed by atoms with Crippen molar-refractivity contribution < 1.29 is 18.0 Å². The summed E-state index contributed by atoms with van der Waals surface area (Å²) in [5.41, 5.74) is 0.00206. The molecule has 0 saturated heterocycles. The molecule has 0 atom stereocenters. The molecule has 0 fully saturated rings. The van der Waals surface area contributed by atoms with Crippen LogP contribution in [-0.4, -0.2) is 17.1 Å². The van der Waals surface area contributed by atoms with Crippen molar-refractivity contribution in [2.24, 2.45) is 0 Å². The first-order valence-corrected chi connectivity index (χ1v) is 5.17. The number of alkyl halides is 3. The minimum Gasteiger partial charge on any atom is -0.318 e. The van der Waals surface area contributed by atoms with Gasteiger partial charge in [0.1, 0.15) is 0 Å². The third kappa shape index (κ3) is 2.53. The highest BCUT2D eigenvalue weighted by Gasteiger charge is 2.38. The molecule has 0 aliphatic heterocycles. The molecular formula is C11H6ClF3N2O. The van der Waals surface area contributed by atoms with Crippen LogP contribution >= 0.6 is 11.6 Å². The first kappa shape index (κ1) is 12.6. The van der Waals surface area contributed by atoms with Crippen LogP contribution in [0.25, 0.3) is 10.8 Å². The van der Waals surface area contributed by atoms with Crippen LogP contribution < -0.4 is 5.32 Å². The normalized spacial score (nSPS) is 11.6. The van der Waals surface area contributed by atoms with Gasteiger partial charge in [0, 0.05) is 28.2 Å². The molecule has 0 radical (unpaired) electrons. The van der Waals surface area contributed by atoms with Crippen molar-refractivity contribution in [3.8, 4) is 0 Å². The Kier molecular flexibility index (Phi) is 3.13. The van der Waals surface area contributed by atoms with E-state index in [4.69, 9.17) is 11.6 Å². The number of anilines is 1. The molecule has 1 aromatic heterocycles. The molecule has 1 amide bonds. The second kappa shape index (κ2) is 4.45. The Morgan fingerprint density at radius 3 is 2.72 bits per heavy atom. The van der Waals surface area contributed by atoms with Crippen molar-refractivity contribution in [1.29, 1.82) is 0 Å². The highest BCUT2D eigenvalue weighted by atomic mass is 35.5. The van der Waals surface area contributed by atoms with Crippen LogP contribution in [0, 0.1) is 0 Å². The van der Waals surface area contributed by atoms with Gasteiger partial charge in [0.15, 0.2) is 0 Å². The number of carbonyl (C=O) groups is 1. The van der Waals surface area contributed by atoms with Crippen molar-refractivity contribution in [3.05, 3.63) is 35.6 Å². The van der Waals surface area contributed by atoms with Gasteiger partial charge in [0.05, 0.1) is 5.69 Å². The molecule has 18 heavy (non-hydrogen) atoms. The number of carbonyl (C=O) groups excluding carboxylic acids is 1. The largest absolute Gasteiger partial charge is 0.471 e. The van der Waals surface area contributed by atoms with E-state index in [1.54, 1.807) is 11.4 Å². The minimum atomic E-state index is -4.94. The number of rotatable bonds is 1. The molecule has 0 bridgehead atoms. The molecule has 1 heterocycles. The van der Waals surface area contributed by atoms with Gasteiger partial charge in [-0.1, -0.05) is 11.6 Å². The fraction of sp³-hybridized carbons (Fsp3) is 0.0909. The summed E-state index contributed by atoms with van der Waals surface area (Å²) in [6.07, 6.45) is -2.08. The van der Waals surface area contributed by atoms with Crippen LogP contribution in [0.1, 0.15) is 0 Å². The number of fused-ring (bicyclic) bond motifs is 1. The van der Waals surface area contributed by atoms with Crippen molar-refractivity contribution in [3.63, 3.8) is 0 Å². The van der Waals surface area contributed by atoms with Gasteiger partial charge < -0.3 is 5.32 Å². The summed E-state index contributed by atoms with van der Waals surface area (Å²) < 4.78 is 36.5. The van der Waals surface area contributed by atoms with Crippen molar-refractivity contribution in [2.45, 2.75) is 6.18 Å². The predicted octanol–water partition coefficient (Wildman–Crippen LogP) is 3.39. The van der Waals surface area contributed by atoms with Crippen molar-refractivity contribution in [2.75, 3.05) is 5.32 Å². The van der Waals surface area contributed by atoms with Gasteiger partial charge >= 0.3 is 12.1 Å². The first-order chi connectivity index (χ1) is 8.38. The summed E-state index contributed by atoms with van der Waals surface area (Å²) in [5.74, 6) is -2.04. The molecule has 0 aliphatic carbocycles. The van der Waals surface area contributed by atoms with Gasteiger partial charge in [-0.25, -0.2) is 0 Å². The predicted molar refractivity (Wildman–Crippen MR) is 61.4 cm³/mol. The molecular weight excluding hydrogens is 269 g/mol. The van der Waals surface area contributed by atoms with Crippen LogP contribution in [0.15, 0.2) is 30.6 Å². The third-order valence-corrected chi connectivity index (χ3v) is 2.44. The third-order valence-electron chi connectivity index (χ3n) is 2.22. The Hall–Kier alpha value is -1.82. The second-order valence-electron chi connectivity index (χ2n) is 3.50. The summed E-state index contributed by atoms with van der Waals surface area (Å²) in [6, 6.07) is 4.30. The quantitative estimate of drug-likeness (QED) is 0.866. The van der Waals surface area contributed by atoms with E-state index in [0.717, 1.165) is 0 Å². The first-order valence-electron chi connectivity index (χ1n) is 4.79. The highest BCUT2D eigenvalue weighted by molar-refractivity contribution is 6.32. The average molecular weight is 275 g/mol. The van der Waals surface area contributed by atoms with Gasteiger partial charge in [-0.3, -0.25) is 9.78 Å². The zero-order valence-corrected chi connectivity index (χ0v) is 9.51. The lowest BCUT2D eigenvalue weighted by molar-refractivity contribution is -0.167. The zero-order chi connectivity index (χ0) is 13.3. The molecule has 1 aromatic carbocycles. The Bertz CT molecular complexity index is 613. The van der Waals surface area contributed by atoms with Crippen molar-refractivity contribution >= 4 is 34.0 Å². The maximum absolute atomic E-state index is 12.2. The molecule has 1 N–H and O–H groups in total. The maximum Gasteiger partial charge on any atom is 0.471 e. The molecule has 2 rings (SSSR count). The number of hydrogen-bond acceptors (Lipinski definition) is 2. The SMILES string of the molecule is O=C(Nc1cc(Cl)cc2cnccc12)C(F)(F)F. The monoisotopic (exact) mass is 274 g/mol. The Labute approximate surface area is 105 Å². The lowest BCUT2D eigenvalue weighted by atomic mass is 10.1. The van der Waals surface area contributed by atoms with E-state index in [-0.39, 0.29) is 10.7 Å². The summed E-state index contributed by atoms with van der Waals surface area (Å²) in [6.45, 7) is 0. The lowest BCUT2D eigenvalue weighted by Crippen LogP contribution is -2.30. The minimum absolute atomic E-state index is 0.00206. The number of halogens is 4. The summed E-state index contributed by atoms with van der Waals surface area (Å²) in [4.78, 5) is 14.7. The molecule has 0 saturated carbocycles. The molecule has 3 nitrogen and oxygen atoms in total. The summed E-state index contributed by atoms with van der Waals surface area (Å²) in [5, 5.41) is 2.99. The topological polar surface area (TPSA) is 42.0 Å². The molecule has 2 aromatic rings. The Morgan fingerprint density at radius 1 is 1.33 bits per heavy atom. The van der Waals surface area contributed by atoms with E-state index < -0.39 is 12.1 Å². The molecule has 94 valence electrons. The maximum atomic E-state index is 12.2. The van der Waals surface area contributed by atoms with Gasteiger partial charge in [0.25, 0.3) is 0 Å². The number of hydrogen-bond donors (Lipinski definition) is 1. The number of nitrogens with zero attached hydrogens (tertiary/aromatic N) is 1. The van der Waals surface area contributed by atoms with Crippen LogP contribution in [0.5, 0.6) is 0 Å². The number of benzene rings is 1. The van der Waals surface area contributed by atoms with Crippen LogP contribution in [0.3, 0.4) is 0 Å². The number of aromatic nitrogens is 1. The number of amides is 1. The van der Waals surface area contributed by atoms with Crippen molar-refractivity contribution in [1.82, 2.24) is 4.98 Å². The van der Waals surface area contributed by atoms with Gasteiger partial charge in [-0.2, -0.15) is 13.2 Å². The van der Waals surface area contributed by atoms with Gasteiger partial charge in [0.2, 0.25) is 0 Å². The summed E-state index contributed by atoms with van der Waals surface area (Å²) in [7, 11) is 0. The fourth-order valence-corrected chi connectivity index (χ4v) is 1.70. The number of pyridine rings is 1. The number of nitrogens with one attached hydrogen (secondary N) is 1.